The molecule has 1 aromatic rings. The van der Waals surface area contributed by atoms with Gasteiger partial charge in [0.2, 0.25) is 0 Å². The predicted molar refractivity (Wildman–Crippen MR) is 65.0 cm³/mol. The third-order valence-electron chi connectivity index (χ3n) is 2.38. The van der Waals surface area contributed by atoms with Crippen LogP contribution in [0.3, 0.4) is 0 Å². The zero-order valence-corrected chi connectivity index (χ0v) is 9.83. The van der Waals surface area contributed by atoms with Gasteiger partial charge in [-0.05, 0) is 31.9 Å². The van der Waals surface area contributed by atoms with Crippen LogP contribution in [0.5, 0.6) is 0 Å². The van der Waals surface area contributed by atoms with Crippen molar-refractivity contribution < 1.29 is 0 Å². The minimum Gasteiger partial charge on any atom is -0.355 e. The lowest BCUT2D eigenvalue weighted by atomic mass is 10.1. The number of nitrogens with zero attached hydrogens (tertiary/aromatic N) is 2. The van der Waals surface area contributed by atoms with Crippen molar-refractivity contribution in [2.75, 3.05) is 5.32 Å². The van der Waals surface area contributed by atoms with Gasteiger partial charge < -0.3 is 5.32 Å². The summed E-state index contributed by atoms with van der Waals surface area (Å²) < 4.78 is 0. The molecule has 0 aliphatic heterocycles. The zero-order chi connectivity index (χ0) is 12.1. The maximum atomic E-state index is 9.07. The van der Waals surface area contributed by atoms with Gasteiger partial charge in [-0.2, -0.15) is 5.26 Å². The maximum absolute atomic E-state index is 9.07. The second kappa shape index (κ2) is 5.19. The average Bonchev–Trinajstić information content (AvgIpc) is 2.25. The summed E-state index contributed by atoms with van der Waals surface area (Å²) in [6, 6.07) is 3.96. The van der Waals surface area contributed by atoms with Crippen molar-refractivity contribution in [3.05, 3.63) is 22.9 Å². The number of hydrogen-bond acceptors (Lipinski definition) is 3. The lowest BCUT2D eigenvalue weighted by molar-refractivity contribution is 0.848. The Morgan fingerprint density at radius 1 is 1.56 bits per heavy atom. The molecule has 16 heavy (non-hydrogen) atoms. The third-order valence-corrected chi connectivity index (χ3v) is 2.38. The number of terminal acetylenes is 1. The van der Waals surface area contributed by atoms with Gasteiger partial charge in [-0.1, -0.05) is 12.8 Å². The molecule has 0 fully saturated rings. The molecular weight excluding hydrogens is 198 g/mol. The molecule has 0 saturated carbocycles. The molecule has 82 valence electrons. The van der Waals surface area contributed by atoms with E-state index >= 15 is 0 Å². The topological polar surface area (TPSA) is 48.7 Å². The number of aryl methyl sites for hydroxylation is 2. The van der Waals surface area contributed by atoms with E-state index in [-0.39, 0.29) is 6.04 Å². The van der Waals surface area contributed by atoms with E-state index in [0.717, 1.165) is 17.7 Å². The molecule has 0 aromatic carbocycles. The van der Waals surface area contributed by atoms with Crippen molar-refractivity contribution in [3.63, 3.8) is 0 Å². The lowest BCUT2D eigenvalue weighted by Gasteiger charge is -2.14. The highest BCUT2D eigenvalue weighted by Crippen LogP contribution is 2.18. The number of anilines is 1. The van der Waals surface area contributed by atoms with Crippen molar-refractivity contribution in [2.24, 2.45) is 0 Å². The first kappa shape index (κ1) is 12.1. The van der Waals surface area contributed by atoms with Gasteiger partial charge in [0.15, 0.2) is 0 Å². The Morgan fingerprint density at radius 2 is 2.25 bits per heavy atom. The van der Waals surface area contributed by atoms with Crippen molar-refractivity contribution in [3.8, 4) is 18.4 Å². The number of pyridine rings is 1. The smallest absolute Gasteiger partial charge is 0.145 e. The Labute approximate surface area is 96.5 Å². The van der Waals surface area contributed by atoms with E-state index in [1.54, 1.807) is 0 Å². The van der Waals surface area contributed by atoms with Crippen LogP contribution in [0.2, 0.25) is 0 Å². The first-order chi connectivity index (χ1) is 7.62. The van der Waals surface area contributed by atoms with Gasteiger partial charge in [0.05, 0.1) is 11.6 Å². The largest absolute Gasteiger partial charge is 0.355 e. The van der Waals surface area contributed by atoms with E-state index < -0.39 is 0 Å². The van der Waals surface area contributed by atoms with E-state index in [9.17, 15) is 0 Å². The molecule has 0 radical (unpaired) electrons. The van der Waals surface area contributed by atoms with E-state index in [0.29, 0.717) is 11.4 Å². The lowest BCUT2D eigenvalue weighted by Crippen LogP contribution is -2.18. The quantitative estimate of drug-likeness (QED) is 0.784. The van der Waals surface area contributed by atoms with Gasteiger partial charge in [0, 0.05) is 5.69 Å². The number of nitriles is 1. The van der Waals surface area contributed by atoms with Crippen LogP contribution in [0, 0.1) is 37.5 Å². The van der Waals surface area contributed by atoms with Gasteiger partial charge in [0.1, 0.15) is 11.9 Å². The van der Waals surface area contributed by atoms with Gasteiger partial charge in [-0.15, -0.1) is 6.42 Å². The highest BCUT2D eigenvalue weighted by molar-refractivity contribution is 5.57. The third kappa shape index (κ3) is 2.52. The Morgan fingerprint density at radius 3 is 2.75 bits per heavy atom. The van der Waals surface area contributed by atoms with Crippen molar-refractivity contribution in [1.29, 1.82) is 5.26 Å². The fourth-order valence-corrected chi connectivity index (χ4v) is 1.51. The summed E-state index contributed by atoms with van der Waals surface area (Å²) in [6.45, 7) is 5.79. The molecule has 3 nitrogen and oxygen atoms in total. The Kier molecular flexibility index (Phi) is 3.91. The molecule has 1 unspecified atom stereocenters. The minimum atomic E-state index is -0.0826. The summed E-state index contributed by atoms with van der Waals surface area (Å²) >= 11 is 0. The molecule has 1 rings (SSSR count). The van der Waals surface area contributed by atoms with Gasteiger partial charge in [-0.25, -0.2) is 4.98 Å². The molecule has 1 N–H and O–H groups in total. The second-order valence-corrected chi connectivity index (χ2v) is 3.69. The highest BCUT2D eigenvalue weighted by Gasteiger charge is 2.10. The normalized spacial score (nSPS) is 11.3. The maximum Gasteiger partial charge on any atom is 0.145 e. The summed E-state index contributed by atoms with van der Waals surface area (Å²) in [5.74, 6) is 3.22. The minimum absolute atomic E-state index is 0.0826. The molecule has 1 heterocycles. The number of hydrogen-bond donors (Lipinski definition) is 1. The molecule has 0 saturated heterocycles. The Balaban J connectivity index is 3.14. The van der Waals surface area contributed by atoms with Crippen molar-refractivity contribution in [1.82, 2.24) is 4.98 Å². The van der Waals surface area contributed by atoms with Crippen LogP contribution >= 0.6 is 0 Å². The molecule has 0 amide bonds. The summed E-state index contributed by atoms with van der Waals surface area (Å²) in [5, 5.41) is 12.2. The van der Waals surface area contributed by atoms with E-state index in [1.807, 2.05) is 26.8 Å². The Hall–Kier alpha value is -2.00. The van der Waals surface area contributed by atoms with Crippen molar-refractivity contribution in [2.45, 2.75) is 33.2 Å². The molecule has 0 bridgehead atoms. The first-order valence-electron chi connectivity index (χ1n) is 5.23. The fraction of sp³-hybridized carbons (Fsp3) is 0.385. The number of rotatable bonds is 3. The van der Waals surface area contributed by atoms with Gasteiger partial charge in [0.25, 0.3) is 0 Å². The average molecular weight is 213 g/mol. The van der Waals surface area contributed by atoms with E-state index in [4.69, 9.17) is 11.7 Å². The van der Waals surface area contributed by atoms with Crippen LogP contribution in [0.1, 0.15) is 30.2 Å². The van der Waals surface area contributed by atoms with Crippen LogP contribution in [-0.2, 0) is 0 Å². The van der Waals surface area contributed by atoms with Crippen LogP contribution in [0.25, 0.3) is 0 Å². The summed E-state index contributed by atoms with van der Waals surface area (Å²) in [4.78, 5) is 4.31. The number of nitrogens with one attached hydrogen (secondary N) is 1. The predicted octanol–water partition coefficient (Wildman–Crippen LogP) is 2.39. The van der Waals surface area contributed by atoms with Gasteiger partial charge >= 0.3 is 0 Å². The van der Waals surface area contributed by atoms with Crippen LogP contribution < -0.4 is 5.32 Å². The van der Waals surface area contributed by atoms with E-state index in [1.165, 1.54) is 0 Å². The molecule has 3 heteroatoms. The molecule has 1 atom stereocenters. The molecule has 0 spiro atoms. The second-order valence-electron chi connectivity index (χ2n) is 3.69. The summed E-state index contributed by atoms with van der Waals surface area (Å²) in [6.07, 6.45) is 6.18. The fourth-order valence-electron chi connectivity index (χ4n) is 1.51. The van der Waals surface area contributed by atoms with E-state index in [2.05, 4.69) is 22.3 Å². The van der Waals surface area contributed by atoms with Crippen LogP contribution in [0.15, 0.2) is 6.07 Å². The van der Waals surface area contributed by atoms with Crippen molar-refractivity contribution >= 4 is 5.82 Å². The molecule has 0 aliphatic rings. The zero-order valence-electron chi connectivity index (χ0n) is 9.83. The van der Waals surface area contributed by atoms with Gasteiger partial charge in [-0.3, -0.25) is 0 Å². The number of aromatic nitrogens is 1. The Bertz CT molecular complexity index is 463. The standard InChI is InChI=1S/C13H15N3/c1-5-11(6-2)16-13-12(8-14)9(3)7-10(4)15-13/h1,7,11H,6H2,2-4H3,(H,15,16). The molecular formula is C13H15N3. The summed E-state index contributed by atoms with van der Waals surface area (Å²) in [5.41, 5.74) is 2.37. The summed E-state index contributed by atoms with van der Waals surface area (Å²) in [7, 11) is 0. The molecule has 1 aromatic heterocycles. The monoisotopic (exact) mass is 213 g/mol. The van der Waals surface area contributed by atoms with Crippen LogP contribution in [0.4, 0.5) is 5.82 Å². The molecule has 0 aliphatic carbocycles. The highest BCUT2D eigenvalue weighted by atomic mass is 15.0. The SMILES string of the molecule is C#CC(CC)Nc1nc(C)cc(C)c1C#N. The van der Waals surface area contributed by atoms with Crippen LogP contribution in [-0.4, -0.2) is 11.0 Å². The first-order valence-corrected chi connectivity index (χ1v) is 5.23.